The number of amidine groups is 2. The molecule has 10 rings (SSSR count). The van der Waals surface area contributed by atoms with E-state index in [9.17, 15) is 19.5 Å². The molecule has 404 valence electrons. The molecule has 0 fully saturated rings. The van der Waals surface area contributed by atoms with Crippen LogP contribution < -0.4 is 26.0 Å². The number of aromatic nitrogens is 6. The number of hydrogen-bond donors (Lipinski definition) is 5. The van der Waals surface area contributed by atoms with Crippen LogP contribution in [0.25, 0.3) is 40.0 Å². The minimum atomic E-state index is -0.708. The van der Waals surface area contributed by atoms with E-state index in [1.54, 1.807) is 46.6 Å². The molecule has 0 aliphatic carbocycles. The minimum Gasteiger partial charge on any atom is -0.504 e. The van der Waals surface area contributed by atoms with Gasteiger partial charge >= 0.3 is 5.97 Å². The molecule has 79 heavy (non-hydrogen) atoms. The minimum absolute atomic E-state index is 0.0728. The number of thioether (sulfide) groups is 1. The summed E-state index contributed by atoms with van der Waals surface area (Å²) in [5.41, 5.74) is 7.66. The van der Waals surface area contributed by atoms with Gasteiger partial charge in [-0.15, -0.1) is 10.2 Å². The number of rotatable bonds is 25. The van der Waals surface area contributed by atoms with Crippen LogP contribution in [0.2, 0.25) is 0 Å². The molecule has 3 aliphatic heterocycles. The van der Waals surface area contributed by atoms with Crippen LogP contribution in [0.4, 0.5) is 5.69 Å². The number of aliphatic imine (C=N–C) groups is 2. The van der Waals surface area contributed by atoms with E-state index in [0.717, 1.165) is 72.1 Å². The Morgan fingerprint density at radius 3 is 1.84 bits per heavy atom. The number of carbonyl (C=O) groups is 3. The normalized spacial score (nSPS) is 14.5. The zero-order valence-corrected chi connectivity index (χ0v) is 43.9. The third-order valence-electron chi connectivity index (χ3n) is 12.4. The predicted octanol–water partition coefficient (Wildman–Crippen LogP) is 5.99. The molecule has 0 saturated heterocycles. The van der Waals surface area contributed by atoms with Gasteiger partial charge in [-0.3, -0.25) is 19.6 Å². The molecule has 0 saturated carbocycles. The summed E-state index contributed by atoms with van der Waals surface area (Å²) < 4.78 is 31.3. The van der Waals surface area contributed by atoms with Gasteiger partial charge in [-0.25, -0.2) is 14.2 Å². The lowest BCUT2D eigenvalue weighted by Crippen LogP contribution is -2.27. The lowest BCUT2D eigenvalue weighted by Gasteiger charge is -2.10. The van der Waals surface area contributed by atoms with Gasteiger partial charge < -0.3 is 50.1 Å². The molecular weight excluding hydrogens is 1030 g/mol. The number of nitrogens with zero attached hydrogens (tertiary/aromatic N) is 8. The smallest absolute Gasteiger partial charge is 0.344 e. The lowest BCUT2D eigenvalue weighted by atomic mass is 10.0. The van der Waals surface area contributed by atoms with Crippen molar-refractivity contribution in [2.45, 2.75) is 6.92 Å². The fourth-order valence-electron chi connectivity index (χ4n) is 8.47. The number of phenolic OH excluding ortho intramolecular Hbond substituents is 1. The van der Waals surface area contributed by atoms with E-state index in [0.29, 0.717) is 75.7 Å². The Morgan fingerprint density at radius 1 is 0.696 bits per heavy atom. The van der Waals surface area contributed by atoms with Crippen LogP contribution in [0.3, 0.4) is 0 Å². The van der Waals surface area contributed by atoms with Crippen molar-refractivity contribution in [2.75, 3.05) is 90.9 Å². The Balaban J connectivity index is 0.665. The number of phenols is 1. The standard InChI is InChI=1S/C57H56N12O9S/c1-2-77-57(73)51-52(71)50(79-56(51)63-43-6-4-3-5-7-43)31-37-8-17-49(48(70)30-37)78-29-28-76-27-26-75-25-24-74-23-22-62-55(72)42-33-40(46-35-68(66-64-46)44-13-9-38(10-14-44)53-58-18-19-59-53)32-41(34-42)47-36-69(67-65-47)45-15-11-39(12-16-45)54-60-20-21-61-54/h3-17,30-36,63,70H,2,18-29H2,1H3,(H,58,59)(H,60,61)(H,62,72)/b50-31-. The zero-order valence-electron chi connectivity index (χ0n) is 43.1. The van der Waals surface area contributed by atoms with Crippen molar-refractivity contribution in [3.8, 4) is 45.4 Å². The molecule has 0 unspecified atom stereocenters. The molecule has 0 spiro atoms. The first kappa shape index (κ1) is 53.4. The highest BCUT2D eigenvalue weighted by Gasteiger charge is 2.35. The molecule has 2 aromatic heterocycles. The summed E-state index contributed by atoms with van der Waals surface area (Å²) >= 11 is 1.12. The summed E-state index contributed by atoms with van der Waals surface area (Å²) in [7, 11) is 0. The molecule has 7 aromatic rings. The van der Waals surface area contributed by atoms with Gasteiger partial charge in [0.1, 0.15) is 35.2 Å². The van der Waals surface area contributed by atoms with Crippen molar-refractivity contribution >= 4 is 52.9 Å². The van der Waals surface area contributed by atoms with Gasteiger partial charge in [0, 0.05) is 53.1 Å². The average Bonchev–Trinajstić information content (AvgIpc) is 4.38. The SMILES string of the molecule is CCOC(=O)C1=C(Nc2ccccc2)S/C(=C\c2ccc(OCCOCCOCCOCCNC(=O)c3cc(-c4cn(-c5ccc(C6=NCCN6)cc5)nn4)cc(-c4cn(-c5ccc(C6=NCCN6)cc5)nn4)c3)c(O)c2)C1=O. The van der Waals surface area contributed by atoms with Gasteiger partial charge in [0.25, 0.3) is 5.91 Å². The molecule has 0 atom stereocenters. The molecule has 21 nitrogen and oxygen atoms in total. The van der Waals surface area contributed by atoms with Crippen LogP contribution in [-0.4, -0.2) is 150 Å². The van der Waals surface area contributed by atoms with Crippen LogP contribution >= 0.6 is 11.8 Å². The largest absolute Gasteiger partial charge is 0.504 e. The number of para-hydroxylation sites is 1. The summed E-state index contributed by atoms with van der Waals surface area (Å²) in [4.78, 5) is 49.1. The number of aromatic hydroxyl groups is 1. The summed E-state index contributed by atoms with van der Waals surface area (Å²) in [6.45, 7) is 7.13. The highest BCUT2D eigenvalue weighted by molar-refractivity contribution is 8.08. The van der Waals surface area contributed by atoms with Gasteiger partial charge in [0.15, 0.2) is 11.5 Å². The number of amides is 1. The van der Waals surface area contributed by atoms with Crippen LogP contribution in [0.5, 0.6) is 11.5 Å². The Morgan fingerprint density at radius 2 is 1.28 bits per heavy atom. The predicted molar refractivity (Wildman–Crippen MR) is 299 cm³/mol. The first-order valence-corrected chi connectivity index (χ1v) is 26.5. The maximum atomic E-state index is 13.7. The number of hydrogen-bond acceptors (Lipinski definition) is 19. The van der Waals surface area contributed by atoms with Crippen LogP contribution in [-0.2, 0) is 28.5 Å². The molecule has 5 heterocycles. The molecule has 5 aromatic carbocycles. The van der Waals surface area contributed by atoms with E-state index in [2.05, 4.69) is 51.9 Å². The molecule has 0 radical (unpaired) electrons. The topological polar surface area (TPSA) is 252 Å². The van der Waals surface area contributed by atoms with Crippen molar-refractivity contribution in [1.82, 2.24) is 45.9 Å². The number of nitrogens with one attached hydrogen (secondary N) is 4. The van der Waals surface area contributed by atoms with Gasteiger partial charge in [0.05, 0.1) is 93.0 Å². The lowest BCUT2D eigenvalue weighted by molar-refractivity contribution is -0.139. The molecule has 3 aliphatic rings. The van der Waals surface area contributed by atoms with E-state index in [4.69, 9.17) is 23.7 Å². The maximum Gasteiger partial charge on any atom is 0.344 e. The van der Waals surface area contributed by atoms with Crippen molar-refractivity contribution in [3.05, 3.63) is 165 Å². The van der Waals surface area contributed by atoms with Crippen molar-refractivity contribution in [2.24, 2.45) is 9.98 Å². The first-order chi connectivity index (χ1) is 38.8. The van der Waals surface area contributed by atoms with Gasteiger partial charge in [-0.05, 0) is 110 Å². The molecule has 5 N–H and O–H groups in total. The Hall–Kier alpha value is -8.96. The van der Waals surface area contributed by atoms with E-state index < -0.39 is 11.8 Å². The summed E-state index contributed by atoms with van der Waals surface area (Å²) in [6.07, 6.45) is 5.24. The molecule has 22 heteroatoms. The Labute approximate surface area is 458 Å². The number of esters is 1. The fourth-order valence-corrected chi connectivity index (χ4v) is 9.53. The third kappa shape index (κ3) is 13.6. The molecule has 1 amide bonds. The second kappa shape index (κ2) is 25.9. The van der Waals surface area contributed by atoms with Crippen molar-refractivity contribution < 1.29 is 43.2 Å². The summed E-state index contributed by atoms with van der Waals surface area (Å²) in [5, 5.41) is 41.6. The van der Waals surface area contributed by atoms with Crippen LogP contribution in [0.15, 0.2) is 153 Å². The van der Waals surface area contributed by atoms with Gasteiger partial charge in [0.2, 0.25) is 5.78 Å². The van der Waals surface area contributed by atoms with E-state index >= 15 is 0 Å². The van der Waals surface area contributed by atoms with E-state index in [-0.39, 0.29) is 56.0 Å². The first-order valence-electron chi connectivity index (χ1n) is 25.7. The number of ketones is 1. The number of anilines is 1. The van der Waals surface area contributed by atoms with E-state index in [1.165, 1.54) is 6.07 Å². The van der Waals surface area contributed by atoms with Crippen molar-refractivity contribution in [1.29, 1.82) is 0 Å². The number of allylic oxidation sites excluding steroid dienone is 1. The summed E-state index contributed by atoms with van der Waals surface area (Å²) in [5.74, 6) is 0.390. The zero-order chi connectivity index (χ0) is 54.3. The second-order valence-electron chi connectivity index (χ2n) is 17.8. The number of Topliss-reactive ketones (excluding diaryl/α,β-unsaturated/α-hetero) is 1. The number of ether oxygens (including phenoxy) is 5. The highest BCUT2D eigenvalue weighted by Crippen LogP contribution is 2.41. The number of benzene rings is 5. The third-order valence-corrected chi connectivity index (χ3v) is 13.4. The Kier molecular flexibility index (Phi) is 17.5. The van der Waals surface area contributed by atoms with Crippen LogP contribution in [0, 0.1) is 0 Å². The monoisotopic (exact) mass is 1080 g/mol. The molecular formula is C57H56N12O9S. The van der Waals surface area contributed by atoms with Crippen LogP contribution in [0.1, 0.15) is 34.0 Å². The summed E-state index contributed by atoms with van der Waals surface area (Å²) in [6, 6.07) is 35.3. The fraction of sp³-hybridized carbons (Fsp3) is 0.246. The van der Waals surface area contributed by atoms with E-state index in [1.807, 2.05) is 97.3 Å². The van der Waals surface area contributed by atoms with Gasteiger partial charge in [-0.1, -0.05) is 46.5 Å². The average molecular weight is 1090 g/mol. The maximum absolute atomic E-state index is 13.7. The second-order valence-corrected chi connectivity index (χ2v) is 18.9. The Bertz CT molecular complexity index is 3310. The number of carbonyl (C=O) groups excluding carboxylic acids is 3. The van der Waals surface area contributed by atoms with Crippen molar-refractivity contribution in [3.63, 3.8) is 0 Å². The van der Waals surface area contributed by atoms with Gasteiger partial charge in [-0.2, -0.15) is 0 Å². The quantitative estimate of drug-likeness (QED) is 0.0191. The molecule has 0 bridgehead atoms. The highest BCUT2D eigenvalue weighted by atomic mass is 32.2.